The zero-order valence-corrected chi connectivity index (χ0v) is 12.0. The van der Waals surface area contributed by atoms with Crippen LogP contribution in [0.15, 0.2) is 0 Å². The van der Waals surface area contributed by atoms with Crippen LogP contribution in [0, 0.1) is 0 Å². The molecule has 0 aliphatic carbocycles. The van der Waals surface area contributed by atoms with Gasteiger partial charge in [0.15, 0.2) is 0 Å². The molecule has 0 rings (SSSR count). The van der Waals surface area contributed by atoms with Gasteiger partial charge in [0.25, 0.3) is 0 Å². The highest BCUT2D eigenvalue weighted by atomic mass is 16.5. The van der Waals surface area contributed by atoms with E-state index in [4.69, 9.17) is 9.47 Å². The van der Waals surface area contributed by atoms with Crippen molar-refractivity contribution in [2.75, 3.05) is 46.1 Å². The average Bonchev–Trinajstić information content (AvgIpc) is 2.35. The molecule has 0 amide bonds. The minimum Gasteiger partial charge on any atom is -0.379 e. The normalized spacial score (nSPS) is 11.3. The van der Waals surface area contributed by atoms with Crippen molar-refractivity contribution >= 4 is 0 Å². The Bertz CT molecular complexity index is 134. The highest BCUT2D eigenvalue weighted by Gasteiger charge is 2.03. The molecule has 0 heterocycles. The van der Waals surface area contributed by atoms with Crippen LogP contribution in [0.4, 0.5) is 0 Å². The van der Waals surface area contributed by atoms with Gasteiger partial charge in [-0.25, -0.2) is 0 Å². The summed E-state index contributed by atoms with van der Waals surface area (Å²) in [6, 6.07) is 0. The van der Waals surface area contributed by atoms with E-state index in [1.54, 1.807) is 0 Å². The molecular formula is C14H31NO2. The first-order valence-electron chi connectivity index (χ1n) is 7.22. The van der Waals surface area contributed by atoms with Crippen LogP contribution >= 0.6 is 0 Å². The summed E-state index contributed by atoms with van der Waals surface area (Å²) in [6.07, 6.45) is 5.13. The largest absolute Gasteiger partial charge is 0.379 e. The SMILES string of the molecule is CCCCN(CCCC)CCOCCOCC. The van der Waals surface area contributed by atoms with Crippen LogP contribution in [-0.4, -0.2) is 51.0 Å². The molecule has 0 N–H and O–H groups in total. The lowest BCUT2D eigenvalue weighted by molar-refractivity contribution is 0.0425. The van der Waals surface area contributed by atoms with E-state index in [-0.39, 0.29) is 0 Å². The average molecular weight is 245 g/mol. The maximum absolute atomic E-state index is 5.56. The lowest BCUT2D eigenvalue weighted by Gasteiger charge is -2.21. The zero-order valence-electron chi connectivity index (χ0n) is 12.0. The van der Waals surface area contributed by atoms with E-state index in [0.717, 1.165) is 33.0 Å². The molecule has 0 aliphatic heterocycles. The van der Waals surface area contributed by atoms with Crippen molar-refractivity contribution in [3.8, 4) is 0 Å². The predicted molar refractivity (Wildman–Crippen MR) is 73.6 cm³/mol. The van der Waals surface area contributed by atoms with E-state index in [1.807, 2.05) is 6.92 Å². The minimum absolute atomic E-state index is 0.723. The van der Waals surface area contributed by atoms with Crippen LogP contribution in [0.3, 0.4) is 0 Å². The quantitative estimate of drug-likeness (QED) is 0.466. The maximum Gasteiger partial charge on any atom is 0.0701 e. The summed E-state index contributed by atoms with van der Waals surface area (Å²) >= 11 is 0. The van der Waals surface area contributed by atoms with E-state index in [0.29, 0.717) is 0 Å². The Kier molecular flexibility index (Phi) is 13.8. The maximum atomic E-state index is 5.56. The Balaban J connectivity index is 3.45. The molecule has 3 heteroatoms. The molecule has 3 nitrogen and oxygen atoms in total. The van der Waals surface area contributed by atoms with Crippen molar-refractivity contribution in [1.29, 1.82) is 0 Å². The molecule has 0 aromatic carbocycles. The molecule has 0 unspecified atom stereocenters. The van der Waals surface area contributed by atoms with Crippen molar-refractivity contribution < 1.29 is 9.47 Å². The second-order valence-electron chi connectivity index (χ2n) is 4.36. The Morgan fingerprint density at radius 3 is 1.82 bits per heavy atom. The van der Waals surface area contributed by atoms with E-state index < -0.39 is 0 Å². The van der Waals surface area contributed by atoms with Crippen LogP contribution in [0.2, 0.25) is 0 Å². The van der Waals surface area contributed by atoms with Gasteiger partial charge in [0.05, 0.1) is 19.8 Å². The number of hydrogen-bond acceptors (Lipinski definition) is 3. The molecule has 104 valence electrons. The standard InChI is InChI=1S/C14H31NO2/c1-4-7-9-15(10-8-5-2)11-12-17-14-13-16-6-3/h4-14H2,1-3H3. The molecule has 0 aliphatic rings. The van der Waals surface area contributed by atoms with Crippen molar-refractivity contribution in [3.63, 3.8) is 0 Å². The second-order valence-corrected chi connectivity index (χ2v) is 4.36. The van der Waals surface area contributed by atoms with Crippen LogP contribution in [0.5, 0.6) is 0 Å². The fraction of sp³-hybridized carbons (Fsp3) is 1.00. The van der Waals surface area contributed by atoms with Crippen molar-refractivity contribution in [1.82, 2.24) is 4.90 Å². The Morgan fingerprint density at radius 2 is 1.29 bits per heavy atom. The topological polar surface area (TPSA) is 21.7 Å². The monoisotopic (exact) mass is 245 g/mol. The van der Waals surface area contributed by atoms with Crippen LogP contribution < -0.4 is 0 Å². The molecule has 0 radical (unpaired) electrons. The molecule has 0 aromatic rings. The summed E-state index contributed by atoms with van der Waals surface area (Å²) in [6.45, 7) is 13.1. The summed E-state index contributed by atoms with van der Waals surface area (Å²) in [4.78, 5) is 2.52. The fourth-order valence-electron chi connectivity index (χ4n) is 1.66. The minimum atomic E-state index is 0.723. The van der Waals surface area contributed by atoms with E-state index in [2.05, 4.69) is 18.7 Å². The van der Waals surface area contributed by atoms with E-state index >= 15 is 0 Å². The first-order chi connectivity index (χ1) is 8.35. The summed E-state index contributed by atoms with van der Waals surface area (Å²) in [7, 11) is 0. The first kappa shape index (κ1) is 16.9. The summed E-state index contributed by atoms with van der Waals surface area (Å²) < 4.78 is 10.8. The molecule has 0 fully saturated rings. The van der Waals surface area contributed by atoms with Crippen molar-refractivity contribution in [2.24, 2.45) is 0 Å². The van der Waals surface area contributed by atoms with Gasteiger partial charge in [0.2, 0.25) is 0 Å². The molecule has 0 saturated heterocycles. The molecule has 0 aromatic heterocycles. The number of unbranched alkanes of at least 4 members (excludes halogenated alkanes) is 2. The number of ether oxygens (including phenoxy) is 2. The molecule has 0 spiro atoms. The first-order valence-corrected chi connectivity index (χ1v) is 7.22. The van der Waals surface area contributed by atoms with E-state index in [1.165, 1.54) is 38.8 Å². The zero-order chi connectivity index (χ0) is 12.8. The van der Waals surface area contributed by atoms with Crippen LogP contribution in [-0.2, 0) is 9.47 Å². The Hall–Kier alpha value is -0.120. The van der Waals surface area contributed by atoms with Gasteiger partial charge in [-0.1, -0.05) is 26.7 Å². The van der Waals surface area contributed by atoms with Crippen LogP contribution in [0.1, 0.15) is 46.5 Å². The van der Waals surface area contributed by atoms with Gasteiger partial charge in [-0.15, -0.1) is 0 Å². The molecular weight excluding hydrogens is 214 g/mol. The van der Waals surface area contributed by atoms with Gasteiger partial charge < -0.3 is 14.4 Å². The lowest BCUT2D eigenvalue weighted by Crippen LogP contribution is -2.30. The predicted octanol–water partition coefficient (Wildman–Crippen LogP) is 2.94. The van der Waals surface area contributed by atoms with E-state index in [9.17, 15) is 0 Å². The third-order valence-electron chi connectivity index (χ3n) is 2.78. The van der Waals surface area contributed by atoms with Gasteiger partial charge in [-0.2, -0.15) is 0 Å². The molecule has 0 bridgehead atoms. The smallest absolute Gasteiger partial charge is 0.0701 e. The van der Waals surface area contributed by atoms with Crippen molar-refractivity contribution in [2.45, 2.75) is 46.5 Å². The number of hydrogen-bond donors (Lipinski definition) is 0. The van der Waals surface area contributed by atoms with Gasteiger partial charge in [-0.3, -0.25) is 0 Å². The second kappa shape index (κ2) is 13.9. The molecule has 17 heavy (non-hydrogen) atoms. The van der Waals surface area contributed by atoms with Gasteiger partial charge >= 0.3 is 0 Å². The fourth-order valence-corrected chi connectivity index (χ4v) is 1.66. The third kappa shape index (κ3) is 12.1. The number of nitrogens with zero attached hydrogens (tertiary/aromatic N) is 1. The Labute approximate surface area is 107 Å². The summed E-state index contributed by atoms with van der Waals surface area (Å²) in [5.74, 6) is 0. The molecule has 0 atom stereocenters. The summed E-state index contributed by atoms with van der Waals surface area (Å²) in [5.41, 5.74) is 0. The van der Waals surface area contributed by atoms with Gasteiger partial charge in [-0.05, 0) is 32.9 Å². The number of rotatable bonds is 13. The summed E-state index contributed by atoms with van der Waals surface area (Å²) in [5, 5.41) is 0. The Morgan fingerprint density at radius 1 is 0.706 bits per heavy atom. The third-order valence-corrected chi connectivity index (χ3v) is 2.78. The molecule has 0 saturated carbocycles. The van der Waals surface area contributed by atoms with Gasteiger partial charge in [0.1, 0.15) is 0 Å². The van der Waals surface area contributed by atoms with Crippen molar-refractivity contribution in [3.05, 3.63) is 0 Å². The van der Waals surface area contributed by atoms with Crippen LogP contribution in [0.25, 0.3) is 0 Å². The highest BCUT2D eigenvalue weighted by Crippen LogP contribution is 1.99. The highest BCUT2D eigenvalue weighted by molar-refractivity contribution is 4.57. The lowest BCUT2D eigenvalue weighted by atomic mass is 10.2. The van der Waals surface area contributed by atoms with Gasteiger partial charge in [0, 0.05) is 13.2 Å².